The first-order chi connectivity index (χ1) is 9.13. The molecule has 0 spiro atoms. The summed E-state index contributed by atoms with van der Waals surface area (Å²) in [5, 5.41) is 0. The summed E-state index contributed by atoms with van der Waals surface area (Å²) in [6.45, 7) is 4.33. The molecule has 1 saturated heterocycles. The topological polar surface area (TPSA) is 29.3 Å². The molecule has 1 aromatic rings. The van der Waals surface area contributed by atoms with Crippen molar-refractivity contribution in [2.75, 3.05) is 13.1 Å². The van der Waals surface area contributed by atoms with Gasteiger partial charge in [0, 0.05) is 25.2 Å². The van der Waals surface area contributed by atoms with E-state index in [2.05, 4.69) is 11.8 Å². The van der Waals surface area contributed by atoms with E-state index in [1.807, 2.05) is 6.07 Å². The molecule has 1 aliphatic carbocycles. The Bertz CT molecular complexity index is 444. The van der Waals surface area contributed by atoms with E-state index in [0.717, 1.165) is 31.0 Å². The second kappa shape index (κ2) is 5.22. The Kier molecular flexibility index (Phi) is 3.59. The van der Waals surface area contributed by atoms with Gasteiger partial charge in [-0.3, -0.25) is 4.90 Å². The second-order valence-corrected chi connectivity index (χ2v) is 6.28. The highest BCUT2D eigenvalue weighted by molar-refractivity contribution is 5.22. The van der Waals surface area contributed by atoms with Crippen molar-refractivity contribution in [3.63, 3.8) is 0 Å². The molecule has 2 fully saturated rings. The Labute approximate surface area is 114 Å². The molecular weight excluding hydrogens is 239 g/mol. The third-order valence-electron chi connectivity index (χ3n) is 4.71. The van der Waals surface area contributed by atoms with Gasteiger partial charge in [0.25, 0.3) is 0 Å². The van der Waals surface area contributed by atoms with Gasteiger partial charge in [0.2, 0.25) is 0 Å². The van der Waals surface area contributed by atoms with E-state index in [0.29, 0.717) is 12.0 Å². The Morgan fingerprint density at radius 1 is 1.32 bits per heavy atom. The molecule has 19 heavy (non-hydrogen) atoms. The Morgan fingerprint density at radius 3 is 2.79 bits per heavy atom. The van der Waals surface area contributed by atoms with Crippen LogP contribution in [0.5, 0.6) is 0 Å². The van der Waals surface area contributed by atoms with Gasteiger partial charge in [-0.1, -0.05) is 12.1 Å². The second-order valence-electron chi connectivity index (χ2n) is 6.28. The standard InChI is InChI=1S/C16H23FN2/c1-11(12-5-6-12)19-9-14(8-16(18)10-19)13-3-2-4-15(17)7-13/h2-4,7,11-12,14,16H,5-6,8-10,18H2,1H3. The molecule has 0 aromatic heterocycles. The summed E-state index contributed by atoms with van der Waals surface area (Å²) in [5.41, 5.74) is 7.31. The van der Waals surface area contributed by atoms with Crippen LogP contribution in [0.1, 0.15) is 37.7 Å². The van der Waals surface area contributed by atoms with Crippen LogP contribution < -0.4 is 5.73 Å². The van der Waals surface area contributed by atoms with Gasteiger partial charge in [0.15, 0.2) is 0 Å². The number of piperidine rings is 1. The number of nitrogens with two attached hydrogens (primary N) is 1. The maximum atomic E-state index is 13.4. The monoisotopic (exact) mass is 262 g/mol. The summed E-state index contributed by atoms with van der Waals surface area (Å²) in [6, 6.07) is 7.86. The number of benzene rings is 1. The molecule has 2 N–H and O–H groups in total. The highest BCUT2D eigenvalue weighted by Gasteiger charge is 2.36. The zero-order valence-corrected chi connectivity index (χ0v) is 11.6. The van der Waals surface area contributed by atoms with Gasteiger partial charge in [-0.15, -0.1) is 0 Å². The van der Waals surface area contributed by atoms with Crippen molar-refractivity contribution in [3.05, 3.63) is 35.6 Å². The van der Waals surface area contributed by atoms with Crippen LogP contribution in [0.2, 0.25) is 0 Å². The van der Waals surface area contributed by atoms with Crippen LogP contribution in [-0.4, -0.2) is 30.1 Å². The minimum atomic E-state index is -0.140. The number of hydrogen-bond donors (Lipinski definition) is 1. The van der Waals surface area contributed by atoms with Crippen molar-refractivity contribution in [1.29, 1.82) is 0 Å². The third-order valence-corrected chi connectivity index (χ3v) is 4.71. The van der Waals surface area contributed by atoms with Crippen LogP contribution in [0.4, 0.5) is 4.39 Å². The van der Waals surface area contributed by atoms with Gasteiger partial charge in [0.1, 0.15) is 5.82 Å². The molecule has 3 heteroatoms. The fraction of sp³-hybridized carbons (Fsp3) is 0.625. The number of rotatable bonds is 3. The van der Waals surface area contributed by atoms with Crippen LogP contribution in [0.15, 0.2) is 24.3 Å². The number of likely N-dealkylation sites (tertiary alicyclic amines) is 1. The lowest BCUT2D eigenvalue weighted by molar-refractivity contribution is 0.130. The smallest absolute Gasteiger partial charge is 0.123 e. The molecule has 1 heterocycles. The first-order valence-electron chi connectivity index (χ1n) is 7.38. The van der Waals surface area contributed by atoms with Crippen LogP contribution in [0.3, 0.4) is 0 Å². The molecule has 0 amide bonds. The van der Waals surface area contributed by atoms with E-state index in [1.165, 1.54) is 18.9 Å². The first kappa shape index (κ1) is 13.1. The first-order valence-corrected chi connectivity index (χ1v) is 7.38. The van der Waals surface area contributed by atoms with Gasteiger partial charge in [0.05, 0.1) is 0 Å². The minimum Gasteiger partial charge on any atom is -0.327 e. The largest absolute Gasteiger partial charge is 0.327 e. The van der Waals surface area contributed by atoms with E-state index < -0.39 is 0 Å². The SMILES string of the molecule is CC(C1CC1)N1CC(N)CC(c2cccc(F)c2)C1. The molecule has 104 valence electrons. The predicted octanol–water partition coefficient (Wildman–Crippen LogP) is 2.74. The Balaban J connectivity index is 1.74. The van der Waals surface area contributed by atoms with E-state index in [-0.39, 0.29) is 11.9 Å². The predicted molar refractivity (Wildman–Crippen MR) is 75.5 cm³/mol. The summed E-state index contributed by atoms with van der Waals surface area (Å²) < 4.78 is 13.4. The molecule has 3 rings (SSSR count). The fourth-order valence-electron chi connectivity index (χ4n) is 3.38. The average molecular weight is 262 g/mol. The van der Waals surface area contributed by atoms with Gasteiger partial charge in [-0.2, -0.15) is 0 Å². The van der Waals surface area contributed by atoms with Crippen LogP contribution in [0.25, 0.3) is 0 Å². The summed E-state index contributed by atoms with van der Waals surface area (Å²) >= 11 is 0. The molecule has 2 nitrogen and oxygen atoms in total. The molecule has 3 unspecified atom stereocenters. The van der Waals surface area contributed by atoms with Crippen molar-refractivity contribution < 1.29 is 4.39 Å². The van der Waals surface area contributed by atoms with Gasteiger partial charge < -0.3 is 5.73 Å². The lowest BCUT2D eigenvalue weighted by atomic mass is 9.87. The molecule has 2 aliphatic rings. The van der Waals surface area contributed by atoms with Crippen LogP contribution >= 0.6 is 0 Å². The average Bonchev–Trinajstić information content (AvgIpc) is 3.21. The lowest BCUT2D eigenvalue weighted by Gasteiger charge is -2.40. The molecule has 1 saturated carbocycles. The highest BCUT2D eigenvalue weighted by Crippen LogP contribution is 2.37. The number of nitrogens with zero attached hydrogens (tertiary/aromatic N) is 1. The number of hydrogen-bond acceptors (Lipinski definition) is 2. The van der Waals surface area contributed by atoms with Crippen LogP contribution in [0, 0.1) is 11.7 Å². The number of halogens is 1. The van der Waals surface area contributed by atoms with Crippen LogP contribution in [-0.2, 0) is 0 Å². The quantitative estimate of drug-likeness (QED) is 0.907. The zero-order valence-electron chi connectivity index (χ0n) is 11.6. The van der Waals surface area contributed by atoms with Gasteiger partial charge in [-0.05, 0) is 55.7 Å². The molecule has 3 atom stereocenters. The van der Waals surface area contributed by atoms with Crippen molar-refractivity contribution in [3.8, 4) is 0 Å². The summed E-state index contributed by atoms with van der Waals surface area (Å²) in [4.78, 5) is 2.52. The highest BCUT2D eigenvalue weighted by atomic mass is 19.1. The molecular formula is C16H23FN2. The summed E-state index contributed by atoms with van der Waals surface area (Å²) in [6.07, 6.45) is 3.69. The van der Waals surface area contributed by atoms with E-state index in [9.17, 15) is 4.39 Å². The molecule has 0 radical (unpaired) electrons. The summed E-state index contributed by atoms with van der Waals surface area (Å²) in [7, 11) is 0. The van der Waals surface area contributed by atoms with E-state index in [1.54, 1.807) is 12.1 Å². The maximum Gasteiger partial charge on any atom is 0.123 e. The van der Waals surface area contributed by atoms with E-state index >= 15 is 0 Å². The Hall–Kier alpha value is -0.930. The Morgan fingerprint density at radius 2 is 2.11 bits per heavy atom. The molecule has 0 bridgehead atoms. The van der Waals surface area contributed by atoms with Gasteiger partial charge >= 0.3 is 0 Å². The zero-order chi connectivity index (χ0) is 13.4. The third kappa shape index (κ3) is 2.98. The minimum absolute atomic E-state index is 0.140. The van der Waals surface area contributed by atoms with E-state index in [4.69, 9.17) is 5.73 Å². The van der Waals surface area contributed by atoms with Crippen molar-refractivity contribution in [2.45, 2.75) is 44.2 Å². The van der Waals surface area contributed by atoms with Crippen molar-refractivity contribution >= 4 is 0 Å². The van der Waals surface area contributed by atoms with Gasteiger partial charge in [-0.25, -0.2) is 4.39 Å². The van der Waals surface area contributed by atoms with Crippen molar-refractivity contribution in [2.24, 2.45) is 11.7 Å². The lowest BCUT2D eigenvalue weighted by Crippen LogP contribution is -2.50. The fourth-order valence-corrected chi connectivity index (χ4v) is 3.38. The van der Waals surface area contributed by atoms with Crippen molar-refractivity contribution in [1.82, 2.24) is 4.90 Å². The normalized spacial score (nSPS) is 30.3. The molecule has 1 aromatic carbocycles. The summed E-state index contributed by atoms with van der Waals surface area (Å²) in [5.74, 6) is 1.09. The maximum absolute atomic E-state index is 13.4. The molecule has 1 aliphatic heterocycles.